The van der Waals surface area contributed by atoms with E-state index in [2.05, 4.69) is 0 Å². The Morgan fingerprint density at radius 3 is 2.62 bits per heavy atom. The molecular formula is C11H16FN. The summed E-state index contributed by atoms with van der Waals surface area (Å²) in [5.74, 6) is 0. The first-order valence-electron chi connectivity index (χ1n) is 4.58. The maximum absolute atomic E-state index is 12.9. The zero-order valence-electron chi connectivity index (χ0n) is 8.13. The highest BCUT2D eigenvalue weighted by molar-refractivity contribution is 5.25. The van der Waals surface area contributed by atoms with Gasteiger partial charge in [-0.25, -0.2) is 4.39 Å². The summed E-state index contributed by atoms with van der Waals surface area (Å²) in [6.07, 6.45) is -0.0892. The molecule has 0 amide bonds. The fraction of sp³-hybridized carbons (Fsp3) is 0.455. The summed E-state index contributed by atoms with van der Waals surface area (Å²) in [5, 5.41) is 0. The van der Waals surface area contributed by atoms with E-state index in [9.17, 15) is 4.39 Å². The zero-order chi connectivity index (χ0) is 9.84. The van der Waals surface area contributed by atoms with Crippen LogP contribution in [0.25, 0.3) is 0 Å². The van der Waals surface area contributed by atoms with Crippen molar-refractivity contribution in [3.63, 3.8) is 0 Å². The van der Waals surface area contributed by atoms with Crippen molar-refractivity contribution >= 4 is 0 Å². The third kappa shape index (κ3) is 3.15. The zero-order valence-corrected chi connectivity index (χ0v) is 8.13. The van der Waals surface area contributed by atoms with E-state index in [0.717, 1.165) is 17.5 Å². The molecule has 2 heteroatoms. The van der Waals surface area contributed by atoms with E-state index in [1.807, 2.05) is 25.1 Å². The first kappa shape index (κ1) is 10.2. The van der Waals surface area contributed by atoms with Crippen LogP contribution in [0.3, 0.4) is 0 Å². The standard InChI is InChI=1S/C11H16FN/c1-8(13)6-10-4-3-5-11(7-10)9(2)12/h3-5,7-9H,6,13H2,1-2H3. The average Bonchev–Trinajstić information content (AvgIpc) is 2.03. The van der Waals surface area contributed by atoms with Gasteiger partial charge in [0.05, 0.1) is 0 Å². The van der Waals surface area contributed by atoms with Crippen LogP contribution >= 0.6 is 0 Å². The Kier molecular flexibility index (Phi) is 3.43. The van der Waals surface area contributed by atoms with Crippen LogP contribution in [-0.4, -0.2) is 6.04 Å². The predicted molar refractivity (Wildman–Crippen MR) is 53.3 cm³/mol. The number of benzene rings is 1. The number of hydrogen-bond donors (Lipinski definition) is 1. The van der Waals surface area contributed by atoms with E-state index in [0.29, 0.717) is 0 Å². The normalized spacial score (nSPS) is 15.4. The fourth-order valence-electron chi connectivity index (χ4n) is 1.34. The second kappa shape index (κ2) is 4.38. The first-order chi connectivity index (χ1) is 6.09. The smallest absolute Gasteiger partial charge is 0.122 e. The Bertz CT molecular complexity index is 269. The largest absolute Gasteiger partial charge is 0.328 e. The van der Waals surface area contributed by atoms with Gasteiger partial charge >= 0.3 is 0 Å². The molecular weight excluding hydrogens is 165 g/mol. The molecule has 1 nitrogen and oxygen atoms in total. The van der Waals surface area contributed by atoms with Crippen LogP contribution in [-0.2, 0) is 6.42 Å². The van der Waals surface area contributed by atoms with Gasteiger partial charge in [-0.3, -0.25) is 0 Å². The van der Waals surface area contributed by atoms with Crippen LogP contribution in [0.1, 0.15) is 31.1 Å². The maximum Gasteiger partial charge on any atom is 0.122 e. The van der Waals surface area contributed by atoms with Crippen molar-refractivity contribution in [2.75, 3.05) is 0 Å². The Hall–Kier alpha value is -0.890. The summed E-state index contributed by atoms with van der Waals surface area (Å²) >= 11 is 0. The summed E-state index contributed by atoms with van der Waals surface area (Å²) in [6.45, 7) is 3.50. The molecule has 1 aromatic carbocycles. The van der Waals surface area contributed by atoms with E-state index in [1.165, 1.54) is 0 Å². The lowest BCUT2D eigenvalue weighted by Gasteiger charge is -2.07. The molecule has 13 heavy (non-hydrogen) atoms. The topological polar surface area (TPSA) is 26.0 Å². The Morgan fingerprint density at radius 1 is 1.38 bits per heavy atom. The van der Waals surface area contributed by atoms with E-state index in [4.69, 9.17) is 5.73 Å². The molecule has 0 aliphatic heterocycles. The third-order valence-corrected chi connectivity index (χ3v) is 1.97. The van der Waals surface area contributed by atoms with Crippen molar-refractivity contribution in [3.8, 4) is 0 Å². The molecule has 1 aromatic rings. The summed E-state index contributed by atoms with van der Waals surface area (Å²) in [4.78, 5) is 0. The number of nitrogens with two attached hydrogens (primary N) is 1. The Morgan fingerprint density at radius 2 is 2.08 bits per heavy atom. The van der Waals surface area contributed by atoms with Crippen molar-refractivity contribution < 1.29 is 4.39 Å². The maximum atomic E-state index is 12.9. The van der Waals surface area contributed by atoms with Crippen LogP contribution in [0.15, 0.2) is 24.3 Å². The summed E-state index contributed by atoms with van der Waals surface area (Å²) < 4.78 is 12.9. The second-order valence-corrected chi connectivity index (χ2v) is 3.54. The molecule has 2 N–H and O–H groups in total. The van der Waals surface area contributed by atoms with Crippen molar-refractivity contribution in [1.29, 1.82) is 0 Å². The fourth-order valence-corrected chi connectivity index (χ4v) is 1.34. The highest BCUT2D eigenvalue weighted by atomic mass is 19.1. The average molecular weight is 181 g/mol. The molecule has 0 saturated carbocycles. The van der Waals surface area contributed by atoms with Gasteiger partial charge in [0.1, 0.15) is 6.17 Å². The monoisotopic (exact) mass is 181 g/mol. The highest BCUT2D eigenvalue weighted by Crippen LogP contribution is 2.17. The van der Waals surface area contributed by atoms with Crippen LogP contribution in [0.5, 0.6) is 0 Å². The quantitative estimate of drug-likeness (QED) is 0.762. The number of alkyl halides is 1. The van der Waals surface area contributed by atoms with E-state index in [-0.39, 0.29) is 6.04 Å². The molecule has 0 aliphatic carbocycles. The summed E-state index contributed by atoms with van der Waals surface area (Å²) in [7, 11) is 0. The van der Waals surface area contributed by atoms with Crippen molar-refractivity contribution in [3.05, 3.63) is 35.4 Å². The molecule has 0 saturated heterocycles. The minimum absolute atomic E-state index is 0.130. The molecule has 0 radical (unpaired) electrons. The molecule has 0 fully saturated rings. The van der Waals surface area contributed by atoms with Gasteiger partial charge in [0.15, 0.2) is 0 Å². The van der Waals surface area contributed by atoms with Gasteiger partial charge in [-0.15, -0.1) is 0 Å². The van der Waals surface area contributed by atoms with Gasteiger partial charge in [-0.1, -0.05) is 24.3 Å². The van der Waals surface area contributed by atoms with Gasteiger partial charge < -0.3 is 5.73 Å². The molecule has 0 bridgehead atoms. The molecule has 1 rings (SSSR count). The lowest BCUT2D eigenvalue weighted by molar-refractivity contribution is 0.374. The SMILES string of the molecule is CC(N)Cc1cccc(C(C)F)c1. The van der Waals surface area contributed by atoms with Gasteiger partial charge in [0, 0.05) is 6.04 Å². The molecule has 0 aliphatic rings. The Labute approximate surface area is 78.8 Å². The van der Waals surface area contributed by atoms with Crippen molar-refractivity contribution in [2.45, 2.75) is 32.5 Å². The lowest BCUT2D eigenvalue weighted by atomic mass is 10.0. The van der Waals surface area contributed by atoms with Gasteiger partial charge in [-0.05, 0) is 31.4 Å². The van der Waals surface area contributed by atoms with Gasteiger partial charge in [-0.2, -0.15) is 0 Å². The summed E-state index contributed by atoms with van der Waals surface area (Å²) in [6, 6.07) is 7.67. The van der Waals surface area contributed by atoms with E-state index >= 15 is 0 Å². The van der Waals surface area contributed by atoms with Gasteiger partial charge in [0.25, 0.3) is 0 Å². The second-order valence-electron chi connectivity index (χ2n) is 3.54. The van der Waals surface area contributed by atoms with Crippen molar-refractivity contribution in [2.24, 2.45) is 5.73 Å². The minimum atomic E-state index is -0.895. The highest BCUT2D eigenvalue weighted by Gasteiger charge is 2.04. The van der Waals surface area contributed by atoms with E-state index < -0.39 is 6.17 Å². The third-order valence-electron chi connectivity index (χ3n) is 1.97. The van der Waals surface area contributed by atoms with Crippen LogP contribution in [0.4, 0.5) is 4.39 Å². The predicted octanol–water partition coefficient (Wildman–Crippen LogP) is 2.61. The Balaban J connectivity index is 2.79. The minimum Gasteiger partial charge on any atom is -0.328 e. The van der Waals surface area contributed by atoms with Gasteiger partial charge in [0.2, 0.25) is 0 Å². The molecule has 2 atom stereocenters. The van der Waals surface area contributed by atoms with E-state index in [1.54, 1.807) is 13.0 Å². The first-order valence-corrected chi connectivity index (χ1v) is 4.58. The lowest BCUT2D eigenvalue weighted by Crippen LogP contribution is -2.17. The molecule has 2 unspecified atom stereocenters. The number of halogens is 1. The summed E-state index contributed by atoms with van der Waals surface area (Å²) in [5.41, 5.74) is 7.50. The number of hydrogen-bond acceptors (Lipinski definition) is 1. The van der Waals surface area contributed by atoms with Crippen molar-refractivity contribution in [1.82, 2.24) is 0 Å². The van der Waals surface area contributed by atoms with Crippen LogP contribution in [0.2, 0.25) is 0 Å². The number of rotatable bonds is 3. The van der Waals surface area contributed by atoms with Crippen LogP contribution < -0.4 is 5.73 Å². The molecule has 72 valence electrons. The molecule has 0 spiro atoms. The molecule has 0 aromatic heterocycles. The van der Waals surface area contributed by atoms with Crippen LogP contribution in [0, 0.1) is 0 Å². The molecule has 0 heterocycles.